The minimum Gasteiger partial charge on any atom is -0.494 e. The second kappa shape index (κ2) is 6.08. The van der Waals surface area contributed by atoms with Gasteiger partial charge in [-0.05, 0) is 64.5 Å². The average Bonchev–Trinajstić information content (AvgIpc) is 2.88. The van der Waals surface area contributed by atoms with Gasteiger partial charge in [-0.3, -0.25) is 9.69 Å². The lowest BCUT2D eigenvalue weighted by Gasteiger charge is -2.38. The molecule has 0 saturated heterocycles. The third-order valence-electron chi connectivity index (χ3n) is 5.12. The Hall–Kier alpha value is -2.88. The van der Waals surface area contributed by atoms with Crippen LogP contribution in [0.3, 0.4) is 0 Å². The molecule has 0 fully saturated rings. The molecule has 2 aromatic rings. The van der Waals surface area contributed by atoms with Crippen molar-refractivity contribution in [1.82, 2.24) is 0 Å². The number of ether oxygens (including phenoxy) is 1. The van der Waals surface area contributed by atoms with Gasteiger partial charge < -0.3 is 4.74 Å². The van der Waals surface area contributed by atoms with Crippen molar-refractivity contribution in [3.8, 4) is 5.75 Å². The Kier molecular flexibility index (Phi) is 3.95. The molecule has 0 saturated carbocycles. The average molecular weight is 360 g/mol. The molecule has 0 atom stereocenters. The molecular weight excluding hydrogens is 336 g/mol. The Morgan fingerprint density at radius 1 is 1.07 bits per heavy atom. The first-order chi connectivity index (χ1) is 12.8. The van der Waals surface area contributed by atoms with Gasteiger partial charge >= 0.3 is 0 Å². The number of carbonyl (C=O) groups excluding carboxylic acids is 1. The summed E-state index contributed by atoms with van der Waals surface area (Å²) in [6, 6.07) is 11.9. The fourth-order valence-electron chi connectivity index (χ4n) is 3.98. The molecule has 138 valence electrons. The Morgan fingerprint density at radius 3 is 2.41 bits per heavy atom. The molecule has 4 nitrogen and oxygen atoms in total. The van der Waals surface area contributed by atoms with Crippen molar-refractivity contribution in [3.05, 3.63) is 59.2 Å². The number of allylic oxidation sites excluding steroid dienone is 1. The van der Waals surface area contributed by atoms with E-state index in [1.54, 1.807) is 0 Å². The highest BCUT2D eigenvalue weighted by Crippen LogP contribution is 2.47. The van der Waals surface area contributed by atoms with Crippen LogP contribution in [0.4, 0.5) is 11.4 Å². The van der Waals surface area contributed by atoms with Crippen LogP contribution >= 0.6 is 0 Å². The third-order valence-corrected chi connectivity index (χ3v) is 5.12. The summed E-state index contributed by atoms with van der Waals surface area (Å²) in [7, 11) is 0. The van der Waals surface area contributed by atoms with E-state index in [1.165, 1.54) is 5.56 Å². The number of rotatable bonds is 3. The number of carbonyl (C=O) groups is 1. The van der Waals surface area contributed by atoms with E-state index < -0.39 is 5.54 Å². The van der Waals surface area contributed by atoms with Gasteiger partial charge in [0.25, 0.3) is 5.91 Å². The van der Waals surface area contributed by atoms with Gasteiger partial charge in [0.2, 0.25) is 0 Å². The zero-order valence-electron chi connectivity index (χ0n) is 16.5. The molecule has 2 aliphatic rings. The maximum absolute atomic E-state index is 13.4. The zero-order chi connectivity index (χ0) is 19.3. The molecule has 2 heterocycles. The maximum Gasteiger partial charge on any atom is 0.278 e. The summed E-state index contributed by atoms with van der Waals surface area (Å²) in [5.74, 6) is 0.708. The number of anilines is 1. The zero-order valence-corrected chi connectivity index (χ0v) is 16.5. The van der Waals surface area contributed by atoms with Crippen LogP contribution in [0, 0.1) is 6.92 Å². The van der Waals surface area contributed by atoms with Crippen molar-refractivity contribution in [2.24, 2.45) is 4.99 Å². The van der Waals surface area contributed by atoms with E-state index in [-0.39, 0.29) is 5.91 Å². The molecular formula is C23H24N2O2. The van der Waals surface area contributed by atoms with Crippen LogP contribution in [0.1, 0.15) is 44.4 Å². The predicted molar refractivity (Wildman–Crippen MR) is 110 cm³/mol. The molecule has 0 N–H and O–H groups in total. The molecule has 4 heteroatoms. The molecule has 0 aliphatic carbocycles. The van der Waals surface area contributed by atoms with Crippen molar-refractivity contribution in [1.29, 1.82) is 0 Å². The lowest BCUT2D eigenvalue weighted by Crippen LogP contribution is -2.47. The molecule has 0 radical (unpaired) electrons. The quantitative estimate of drug-likeness (QED) is 0.768. The summed E-state index contributed by atoms with van der Waals surface area (Å²) in [5, 5.41) is 0. The topological polar surface area (TPSA) is 41.9 Å². The van der Waals surface area contributed by atoms with E-state index in [2.05, 4.69) is 26.8 Å². The monoisotopic (exact) mass is 360 g/mol. The van der Waals surface area contributed by atoms with Gasteiger partial charge in [0, 0.05) is 11.1 Å². The van der Waals surface area contributed by atoms with Gasteiger partial charge in [-0.25, -0.2) is 4.99 Å². The summed E-state index contributed by atoms with van der Waals surface area (Å²) in [5.41, 5.74) is 6.01. The van der Waals surface area contributed by atoms with Crippen LogP contribution in [0.2, 0.25) is 0 Å². The number of nitrogens with zero attached hydrogens (tertiary/aromatic N) is 2. The first kappa shape index (κ1) is 17.5. The largest absolute Gasteiger partial charge is 0.494 e. The summed E-state index contributed by atoms with van der Waals surface area (Å²) < 4.78 is 5.77. The fraction of sp³-hybridized carbons (Fsp3) is 0.304. The van der Waals surface area contributed by atoms with Crippen LogP contribution in [-0.2, 0) is 4.79 Å². The molecule has 1 amide bonds. The highest BCUT2D eigenvalue weighted by molar-refractivity contribution is 6.55. The molecule has 2 aromatic carbocycles. The minimum absolute atomic E-state index is 0.0609. The lowest BCUT2D eigenvalue weighted by molar-refractivity contribution is -0.112. The second-order valence-electron chi connectivity index (χ2n) is 7.72. The summed E-state index contributed by atoms with van der Waals surface area (Å²) in [6.07, 6.45) is 2.14. The first-order valence-electron chi connectivity index (χ1n) is 9.33. The van der Waals surface area contributed by atoms with Gasteiger partial charge in [0.05, 0.1) is 23.5 Å². The Morgan fingerprint density at radius 2 is 1.74 bits per heavy atom. The summed E-state index contributed by atoms with van der Waals surface area (Å²) >= 11 is 0. The predicted octanol–water partition coefficient (Wildman–Crippen LogP) is 5.06. The van der Waals surface area contributed by atoms with Gasteiger partial charge in [0.15, 0.2) is 0 Å². The van der Waals surface area contributed by atoms with E-state index in [1.807, 2.05) is 55.1 Å². The van der Waals surface area contributed by atoms with Crippen molar-refractivity contribution in [2.75, 3.05) is 11.5 Å². The van der Waals surface area contributed by atoms with Gasteiger partial charge in [-0.2, -0.15) is 0 Å². The number of aryl methyl sites for hydroxylation is 1. The van der Waals surface area contributed by atoms with Gasteiger partial charge in [-0.15, -0.1) is 0 Å². The third kappa shape index (κ3) is 2.76. The fourth-order valence-corrected chi connectivity index (χ4v) is 3.98. The molecule has 0 spiro atoms. The van der Waals surface area contributed by atoms with Gasteiger partial charge in [-0.1, -0.05) is 23.8 Å². The van der Waals surface area contributed by atoms with Crippen LogP contribution in [-0.4, -0.2) is 23.8 Å². The Labute approximate surface area is 160 Å². The summed E-state index contributed by atoms with van der Waals surface area (Å²) in [6.45, 7) is 10.8. The number of hydrogen-bond donors (Lipinski definition) is 0. The summed E-state index contributed by atoms with van der Waals surface area (Å²) in [4.78, 5) is 20.0. The minimum atomic E-state index is -0.402. The highest BCUT2D eigenvalue weighted by atomic mass is 16.5. The van der Waals surface area contributed by atoms with E-state index in [4.69, 9.17) is 9.73 Å². The van der Waals surface area contributed by atoms with Crippen molar-refractivity contribution in [2.45, 2.75) is 40.2 Å². The smallest absolute Gasteiger partial charge is 0.278 e. The van der Waals surface area contributed by atoms with Crippen molar-refractivity contribution >= 4 is 28.6 Å². The number of benzene rings is 2. The molecule has 27 heavy (non-hydrogen) atoms. The number of hydrogen-bond acceptors (Lipinski definition) is 3. The first-order valence-corrected chi connectivity index (χ1v) is 9.33. The van der Waals surface area contributed by atoms with Crippen LogP contribution in [0.5, 0.6) is 5.75 Å². The highest BCUT2D eigenvalue weighted by Gasteiger charge is 2.45. The van der Waals surface area contributed by atoms with Crippen molar-refractivity contribution in [3.63, 3.8) is 0 Å². The van der Waals surface area contributed by atoms with Crippen LogP contribution < -0.4 is 9.64 Å². The van der Waals surface area contributed by atoms with E-state index in [9.17, 15) is 4.79 Å². The Bertz CT molecular complexity index is 998. The standard InChI is InChI=1S/C23H24N2O2/c1-6-27-17-11-18-15(3)13-23(4,5)25-21(18)19(12-17)20(22(25)26)24-16-9-7-14(2)8-10-16/h7-13H,6H2,1-5H3. The van der Waals surface area contributed by atoms with E-state index >= 15 is 0 Å². The molecule has 2 aliphatic heterocycles. The SMILES string of the molecule is CCOc1cc2c3c(c1)C(=Nc1ccc(C)cc1)C(=O)N3C(C)(C)C=C2C. The number of amides is 1. The van der Waals surface area contributed by atoms with Crippen LogP contribution in [0.15, 0.2) is 47.5 Å². The van der Waals surface area contributed by atoms with E-state index in [0.717, 1.165) is 33.8 Å². The molecule has 0 bridgehead atoms. The molecule has 0 aromatic heterocycles. The van der Waals surface area contributed by atoms with Crippen LogP contribution in [0.25, 0.3) is 5.57 Å². The normalized spacial score (nSPS) is 18.6. The second-order valence-corrected chi connectivity index (χ2v) is 7.72. The van der Waals surface area contributed by atoms with E-state index in [0.29, 0.717) is 12.3 Å². The van der Waals surface area contributed by atoms with Crippen molar-refractivity contribution < 1.29 is 9.53 Å². The number of aliphatic imine (C=N–C) groups is 1. The maximum atomic E-state index is 13.4. The lowest BCUT2D eigenvalue weighted by atomic mass is 9.89. The molecule has 0 unspecified atom stereocenters. The molecule has 4 rings (SSSR count). The Balaban J connectivity index is 1.96. The van der Waals surface area contributed by atoms with Gasteiger partial charge in [0.1, 0.15) is 11.5 Å².